The summed E-state index contributed by atoms with van der Waals surface area (Å²) in [5.74, 6) is -1.10. The van der Waals surface area contributed by atoms with Crippen LogP contribution in [-0.2, 0) is 25.2 Å². The van der Waals surface area contributed by atoms with Gasteiger partial charge in [-0.25, -0.2) is 13.2 Å². The average molecular weight is 471 g/mol. The van der Waals surface area contributed by atoms with Gasteiger partial charge in [-0.05, 0) is 43.0 Å². The van der Waals surface area contributed by atoms with Crippen LogP contribution < -0.4 is 10.6 Å². The van der Waals surface area contributed by atoms with Gasteiger partial charge >= 0.3 is 6.03 Å². The van der Waals surface area contributed by atoms with Crippen LogP contribution in [0.2, 0.25) is 0 Å². The fraction of sp³-hybridized carbons (Fsp3) is 0.348. The first-order chi connectivity index (χ1) is 15.8. The van der Waals surface area contributed by atoms with E-state index in [9.17, 15) is 22.8 Å². The van der Waals surface area contributed by atoms with E-state index in [1.807, 2.05) is 6.07 Å². The minimum atomic E-state index is -3.63. The molecule has 0 bridgehead atoms. The lowest BCUT2D eigenvalue weighted by Crippen LogP contribution is -2.44. The van der Waals surface area contributed by atoms with Crippen LogP contribution in [0.4, 0.5) is 10.5 Å². The normalized spacial score (nSPS) is 21.3. The van der Waals surface area contributed by atoms with Crippen LogP contribution >= 0.6 is 0 Å². The maximum absolute atomic E-state index is 13.2. The van der Waals surface area contributed by atoms with Crippen molar-refractivity contribution in [3.63, 3.8) is 0 Å². The zero-order valence-corrected chi connectivity index (χ0v) is 19.1. The number of sulfonamides is 1. The fourth-order valence-corrected chi connectivity index (χ4v) is 5.85. The number of nitrogens with one attached hydrogen (secondary N) is 2. The fourth-order valence-electron chi connectivity index (χ4n) is 4.29. The summed E-state index contributed by atoms with van der Waals surface area (Å²) >= 11 is 0. The number of hydrogen-bond donors (Lipinski definition) is 2. The first kappa shape index (κ1) is 22.9. The molecule has 4 amide bonds. The Hall–Kier alpha value is -3.24. The highest BCUT2D eigenvalue weighted by atomic mass is 32.2. The number of urea groups is 1. The molecule has 2 fully saturated rings. The Labute approximate surface area is 192 Å². The van der Waals surface area contributed by atoms with Crippen LogP contribution in [0.1, 0.15) is 31.7 Å². The zero-order valence-electron chi connectivity index (χ0n) is 18.3. The predicted molar refractivity (Wildman–Crippen MR) is 122 cm³/mol. The van der Waals surface area contributed by atoms with Gasteiger partial charge < -0.3 is 10.6 Å². The summed E-state index contributed by atoms with van der Waals surface area (Å²) in [6, 6.07) is 14.2. The lowest BCUT2D eigenvalue weighted by Gasteiger charge is -2.25. The van der Waals surface area contributed by atoms with Crippen LogP contribution in [0, 0.1) is 0 Å². The molecule has 4 rings (SSSR count). The SMILES string of the molecule is CC[C@]1(c2ccccc2)NC(=O)N(CC(=O)Nc2cccc(S(=O)(=O)N3CCCC3)c2)C1=O. The summed E-state index contributed by atoms with van der Waals surface area (Å²) in [7, 11) is -3.63. The van der Waals surface area contributed by atoms with Gasteiger partial charge in [0.05, 0.1) is 4.90 Å². The standard InChI is InChI=1S/C23H26N4O5S/c1-2-23(17-9-4-3-5-10-17)21(29)27(22(30)25-23)16-20(28)24-18-11-8-12-19(15-18)33(31,32)26-13-6-7-14-26/h3-5,8-12,15H,2,6-7,13-14,16H2,1H3,(H,24,28)(H,25,30)/t23-/m1/s1. The van der Waals surface area contributed by atoms with Crippen molar-refractivity contribution in [2.45, 2.75) is 36.6 Å². The highest BCUT2D eigenvalue weighted by Gasteiger charge is 2.51. The molecule has 0 aromatic heterocycles. The van der Waals surface area contributed by atoms with Crippen LogP contribution in [0.25, 0.3) is 0 Å². The average Bonchev–Trinajstić information content (AvgIpc) is 3.44. The summed E-state index contributed by atoms with van der Waals surface area (Å²) in [6.45, 7) is 2.26. The molecule has 174 valence electrons. The number of carbonyl (C=O) groups excluding carboxylic acids is 3. The molecule has 0 saturated carbocycles. The van der Waals surface area contributed by atoms with Crippen LogP contribution in [0.3, 0.4) is 0 Å². The second-order valence-corrected chi connectivity index (χ2v) is 10.1. The number of hydrogen-bond acceptors (Lipinski definition) is 5. The second kappa shape index (κ2) is 8.95. The Bertz CT molecular complexity index is 1180. The van der Waals surface area contributed by atoms with E-state index in [-0.39, 0.29) is 10.6 Å². The smallest absolute Gasteiger partial charge is 0.324 e. The molecular formula is C23H26N4O5S. The number of amides is 4. The van der Waals surface area contributed by atoms with Crippen molar-refractivity contribution in [1.29, 1.82) is 0 Å². The molecule has 2 saturated heterocycles. The van der Waals surface area contributed by atoms with Gasteiger partial charge in [-0.2, -0.15) is 4.31 Å². The van der Waals surface area contributed by atoms with Crippen LogP contribution in [-0.4, -0.2) is 55.1 Å². The minimum Gasteiger partial charge on any atom is -0.324 e. The maximum Gasteiger partial charge on any atom is 0.325 e. The number of anilines is 1. The predicted octanol–water partition coefficient (Wildman–Crippen LogP) is 2.27. The topological polar surface area (TPSA) is 116 Å². The Morgan fingerprint density at radius 1 is 1.06 bits per heavy atom. The third-order valence-corrected chi connectivity index (χ3v) is 7.99. The van der Waals surface area contributed by atoms with E-state index >= 15 is 0 Å². The molecule has 0 spiro atoms. The number of rotatable bonds is 7. The molecule has 1 atom stereocenters. The van der Waals surface area contributed by atoms with Gasteiger partial charge in [0.25, 0.3) is 5.91 Å². The van der Waals surface area contributed by atoms with Crippen molar-refractivity contribution < 1.29 is 22.8 Å². The lowest BCUT2D eigenvalue weighted by molar-refractivity contribution is -0.134. The van der Waals surface area contributed by atoms with Gasteiger partial charge in [0.15, 0.2) is 0 Å². The van der Waals surface area contributed by atoms with E-state index in [4.69, 9.17) is 0 Å². The van der Waals surface area contributed by atoms with Crippen molar-refractivity contribution in [2.24, 2.45) is 0 Å². The number of benzene rings is 2. The first-order valence-corrected chi connectivity index (χ1v) is 12.3. The van der Waals surface area contributed by atoms with Crippen molar-refractivity contribution in [3.05, 3.63) is 60.2 Å². The van der Waals surface area contributed by atoms with Crippen molar-refractivity contribution in [2.75, 3.05) is 25.0 Å². The molecule has 33 heavy (non-hydrogen) atoms. The molecule has 2 aromatic carbocycles. The highest BCUT2D eigenvalue weighted by molar-refractivity contribution is 7.89. The molecule has 2 aliphatic heterocycles. The van der Waals surface area contributed by atoms with Gasteiger partial charge in [-0.15, -0.1) is 0 Å². The lowest BCUT2D eigenvalue weighted by atomic mass is 9.87. The molecule has 10 heteroatoms. The summed E-state index contributed by atoms with van der Waals surface area (Å²) in [5, 5.41) is 5.34. The molecule has 2 aliphatic rings. The monoisotopic (exact) mass is 470 g/mol. The van der Waals surface area contributed by atoms with E-state index in [1.54, 1.807) is 43.3 Å². The number of imide groups is 1. The van der Waals surface area contributed by atoms with E-state index < -0.39 is 40.0 Å². The van der Waals surface area contributed by atoms with Gasteiger partial charge in [0.2, 0.25) is 15.9 Å². The van der Waals surface area contributed by atoms with Gasteiger partial charge in [-0.1, -0.05) is 43.3 Å². The molecule has 2 heterocycles. The number of nitrogens with zero attached hydrogens (tertiary/aromatic N) is 2. The molecule has 2 N–H and O–H groups in total. The van der Waals surface area contributed by atoms with E-state index in [0.717, 1.165) is 17.7 Å². The van der Waals surface area contributed by atoms with E-state index in [0.29, 0.717) is 25.1 Å². The maximum atomic E-state index is 13.2. The molecular weight excluding hydrogens is 444 g/mol. The third-order valence-electron chi connectivity index (χ3n) is 6.09. The van der Waals surface area contributed by atoms with Crippen LogP contribution in [0.15, 0.2) is 59.5 Å². The van der Waals surface area contributed by atoms with Crippen molar-refractivity contribution in [1.82, 2.24) is 14.5 Å². The Morgan fingerprint density at radius 2 is 1.76 bits per heavy atom. The summed E-state index contributed by atoms with van der Waals surface area (Å²) in [5.41, 5.74) is -0.298. The Kier molecular flexibility index (Phi) is 6.22. The number of carbonyl (C=O) groups is 3. The second-order valence-electron chi connectivity index (χ2n) is 8.13. The molecule has 0 aliphatic carbocycles. The van der Waals surface area contributed by atoms with E-state index in [1.165, 1.54) is 16.4 Å². The molecule has 0 radical (unpaired) electrons. The minimum absolute atomic E-state index is 0.0891. The summed E-state index contributed by atoms with van der Waals surface area (Å²) in [4.78, 5) is 39.4. The highest BCUT2D eigenvalue weighted by Crippen LogP contribution is 2.32. The zero-order chi connectivity index (χ0) is 23.6. The quantitative estimate of drug-likeness (QED) is 0.603. The first-order valence-electron chi connectivity index (χ1n) is 10.9. The van der Waals surface area contributed by atoms with Gasteiger partial charge in [0, 0.05) is 18.8 Å². The Balaban J connectivity index is 1.48. The van der Waals surface area contributed by atoms with E-state index in [2.05, 4.69) is 10.6 Å². The van der Waals surface area contributed by atoms with Gasteiger partial charge in [-0.3, -0.25) is 14.5 Å². The largest absolute Gasteiger partial charge is 0.325 e. The van der Waals surface area contributed by atoms with Crippen LogP contribution in [0.5, 0.6) is 0 Å². The molecule has 9 nitrogen and oxygen atoms in total. The molecule has 0 unspecified atom stereocenters. The van der Waals surface area contributed by atoms with Crippen molar-refractivity contribution in [3.8, 4) is 0 Å². The Morgan fingerprint density at radius 3 is 2.42 bits per heavy atom. The van der Waals surface area contributed by atoms with Crippen molar-refractivity contribution >= 4 is 33.6 Å². The molecule has 2 aromatic rings. The summed E-state index contributed by atoms with van der Waals surface area (Å²) in [6.07, 6.45) is 1.98. The third kappa shape index (κ3) is 4.23. The summed E-state index contributed by atoms with van der Waals surface area (Å²) < 4.78 is 27.0. The van der Waals surface area contributed by atoms with Gasteiger partial charge in [0.1, 0.15) is 12.1 Å².